The number of aliphatic carboxylic acids is 1. The predicted octanol–water partition coefficient (Wildman–Crippen LogP) is 7.94. The number of hydrogen-bond donors (Lipinski definition) is 2. The first-order valence-corrected chi connectivity index (χ1v) is 12.8. The minimum Gasteiger partial charge on any atom is -0.478 e. The Hall–Kier alpha value is -2.29. The van der Waals surface area contributed by atoms with Crippen LogP contribution < -0.4 is 5.32 Å². The molecule has 1 aromatic rings. The molecule has 0 unspecified atom stereocenters. The van der Waals surface area contributed by atoms with E-state index in [-0.39, 0.29) is 10.8 Å². The number of anilines is 1. The molecule has 0 atom stereocenters. The molecule has 2 aliphatic rings. The summed E-state index contributed by atoms with van der Waals surface area (Å²) < 4.78 is 0. The number of fused-ring (bicyclic) bond motifs is 2. The molecule has 0 heterocycles. The third-order valence-electron chi connectivity index (χ3n) is 7.52. The summed E-state index contributed by atoms with van der Waals surface area (Å²) in [5, 5.41) is 12.9. The molecule has 3 rings (SSSR count). The van der Waals surface area contributed by atoms with Crippen LogP contribution in [0.4, 0.5) is 5.69 Å². The number of carboxylic acid groups (broad SMARTS) is 1. The van der Waals surface area contributed by atoms with Crippen LogP contribution in [0.1, 0.15) is 109 Å². The van der Waals surface area contributed by atoms with Crippen LogP contribution in [0.15, 0.2) is 35.9 Å². The highest BCUT2D eigenvalue weighted by atomic mass is 16.4. The van der Waals surface area contributed by atoms with Gasteiger partial charge in [0.1, 0.15) is 0 Å². The first-order chi connectivity index (χ1) is 15.6. The number of nitrogens with one attached hydrogen (secondary N) is 1. The van der Waals surface area contributed by atoms with Crippen molar-refractivity contribution in [1.29, 1.82) is 0 Å². The quantitative estimate of drug-likeness (QED) is 0.240. The van der Waals surface area contributed by atoms with Crippen molar-refractivity contribution >= 4 is 17.2 Å². The van der Waals surface area contributed by atoms with E-state index in [1.807, 2.05) is 19.1 Å². The maximum atomic E-state index is 10.9. The number of carboxylic acids is 1. The van der Waals surface area contributed by atoms with Gasteiger partial charge in [0.15, 0.2) is 0 Å². The third kappa shape index (κ3) is 5.80. The Bertz CT molecular complexity index is 976. The Kier molecular flexibility index (Phi) is 7.92. The zero-order valence-electron chi connectivity index (χ0n) is 21.6. The van der Waals surface area contributed by atoms with Crippen molar-refractivity contribution in [2.75, 3.05) is 11.9 Å². The lowest BCUT2D eigenvalue weighted by Gasteiger charge is -2.45. The van der Waals surface area contributed by atoms with Crippen LogP contribution in [0.2, 0.25) is 0 Å². The van der Waals surface area contributed by atoms with E-state index in [1.54, 1.807) is 5.56 Å². The lowest BCUT2D eigenvalue weighted by Crippen LogP contribution is -2.35. The van der Waals surface area contributed by atoms with Crippen molar-refractivity contribution in [2.24, 2.45) is 0 Å². The fourth-order valence-corrected chi connectivity index (χ4v) is 5.50. The maximum Gasteiger partial charge on any atom is 0.328 e. The van der Waals surface area contributed by atoms with Crippen molar-refractivity contribution in [3.05, 3.63) is 58.2 Å². The molecule has 0 bridgehead atoms. The van der Waals surface area contributed by atoms with E-state index in [9.17, 15) is 4.79 Å². The van der Waals surface area contributed by atoms with E-state index in [2.05, 4.69) is 52.1 Å². The zero-order chi connectivity index (χ0) is 24.2. The molecule has 1 aromatic carbocycles. The normalized spacial score (nSPS) is 20.5. The summed E-state index contributed by atoms with van der Waals surface area (Å²) in [4.78, 5) is 10.9. The van der Waals surface area contributed by atoms with Crippen molar-refractivity contribution in [1.82, 2.24) is 0 Å². The second kappa shape index (κ2) is 10.3. The van der Waals surface area contributed by atoms with Crippen LogP contribution in [0.3, 0.4) is 0 Å². The molecular formula is C30H43NO2. The van der Waals surface area contributed by atoms with Crippen LogP contribution in [0, 0.1) is 0 Å². The van der Waals surface area contributed by atoms with Gasteiger partial charge >= 0.3 is 5.97 Å². The Morgan fingerprint density at radius 2 is 1.85 bits per heavy atom. The summed E-state index contributed by atoms with van der Waals surface area (Å²) >= 11 is 0. The second-order valence-corrected chi connectivity index (χ2v) is 11.2. The van der Waals surface area contributed by atoms with E-state index in [0.717, 1.165) is 31.4 Å². The molecule has 33 heavy (non-hydrogen) atoms. The standard InChI is InChI=1S/C30H43NO2/c1-7-8-9-18-31-28-23-15-11-14-22(13-10-12-21(2)19-26(32)33)24(23)20-25-27(28)30(5,6)17-16-29(25,3)4/h10,12-13,19-20,31H,7-9,11,14-18H2,1-6H3,(H,32,33)/b12-10+,21-19+,22-13-. The van der Waals surface area contributed by atoms with Crippen LogP contribution in [-0.2, 0) is 22.0 Å². The molecule has 0 amide bonds. The average molecular weight is 450 g/mol. The number of hydrogen-bond acceptors (Lipinski definition) is 2. The van der Waals surface area contributed by atoms with Crippen molar-refractivity contribution in [2.45, 2.75) is 104 Å². The number of unbranched alkanes of at least 4 members (excludes halogenated alkanes) is 2. The third-order valence-corrected chi connectivity index (χ3v) is 7.52. The molecule has 0 radical (unpaired) electrons. The predicted molar refractivity (Wildman–Crippen MR) is 141 cm³/mol. The first-order valence-electron chi connectivity index (χ1n) is 12.8. The number of carbonyl (C=O) groups is 1. The molecule has 0 saturated heterocycles. The summed E-state index contributed by atoms with van der Waals surface area (Å²) in [6.07, 6.45) is 16.8. The number of allylic oxidation sites excluding steroid dienone is 5. The minimum absolute atomic E-state index is 0.166. The smallest absolute Gasteiger partial charge is 0.328 e. The van der Waals surface area contributed by atoms with Crippen LogP contribution >= 0.6 is 0 Å². The van der Waals surface area contributed by atoms with Crippen molar-refractivity contribution in [3.63, 3.8) is 0 Å². The topological polar surface area (TPSA) is 49.3 Å². The van der Waals surface area contributed by atoms with Gasteiger partial charge in [0.05, 0.1) is 0 Å². The largest absolute Gasteiger partial charge is 0.478 e. The molecule has 180 valence electrons. The Morgan fingerprint density at radius 3 is 2.55 bits per heavy atom. The second-order valence-electron chi connectivity index (χ2n) is 11.2. The van der Waals surface area contributed by atoms with E-state index < -0.39 is 5.97 Å². The van der Waals surface area contributed by atoms with E-state index >= 15 is 0 Å². The van der Waals surface area contributed by atoms with Crippen LogP contribution in [0.5, 0.6) is 0 Å². The monoisotopic (exact) mass is 449 g/mol. The zero-order valence-corrected chi connectivity index (χ0v) is 21.6. The van der Waals surface area contributed by atoms with Gasteiger partial charge in [-0.05, 0) is 89.7 Å². The summed E-state index contributed by atoms with van der Waals surface area (Å²) in [6.45, 7) is 14.8. The van der Waals surface area contributed by atoms with Gasteiger partial charge in [-0.3, -0.25) is 0 Å². The molecule has 0 aliphatic heterocycles. The summed E-state index contributed by atoms with van der Waals surface area (Å²) in [5.41, 5.74) is 9.81. The SMILES string of the molecule is CCCCCNc1c2c(cc3c1C(C)(C)CCC3(C)C)\C(=C/C=C/C(C)=C/C(=O)O)CCC2. The van der Waals surface area contributed by atoms with Crippen LogP contribution in [-0.4, -0.2) is 17.6 Å². The van der Waals surface area contributed by atoms with E-state index in [4.69, 9.17) is 5.11 Å². The highest BCUT2D eigenvalue weighted by Crippen LogP contribution is 2.52. The molecule has 0 aromatic heterocycles. The molecule has 3 heteroatoms. The molecular weight excluding hydrogens is 406 g/mol. The molecule has 0 saturated carbocycles. The van der Waals surface area contributed by atoms with Crippen molar-refractivity contribution in [3.8, 4) is 0 Å². The maximum absolute atomic E-state index is 10.9. The first kappa shape index (κ1) is 25.3. The highest BCUT2D eigenvalue weighted by Gasteiger charge is 2.40. The van der Waals surface area contributed by atoms with Gasteiger partial charge in [0.25, 0.3) is 0 Å². The average Bonchev–Trinajstić information content (AvgIpc) is 2.73. The van der Waals surface area contributed by atoms with Crippen LogP contribution in [0.25, 0.3) is 5.57 Å². The number of rotatable bonds is 8. The van der Waals surface area contributed by atoms with Gasteiger partial charge in [0.2, 0.25) is 0 Å². The minimum atomic E-state index is -0.900. The van der Waals surface area contributed by atoms with Gasteiger partial charge in [-0.15, -0.1) is 0 Å². The lowest BCUT2D eigenvalue weighted by atomic mass is 9.61. The Labute approximate surface area is 201 Å². The van der Waals surface area contributed by atoms with Gasteiger partial charge in [-0.2, -0.15) is 0 Å². The van der Waals surface area contributed by atoms with Gasteiger partial charge in [-0.1, -0.05) is 71.8 Å². The molecule has 2 N–H and O–H groups in total. The van der Waals surface area contributed by atoms with Gasteiger partial charge in [0, 0.05) is 18.3 Å². The van der Waals surface area contributed by atoms with E-state index in [0.29, 0.717) is 0 Å². The molecule has 0 spiro atoms. The number of benzene rings is 1. The molecule has 3 nitrogen and oxygen atoms in total. The van der Waals surface area contributed by atoms with Gasteiger partial charge in [-0.25, -0.2) is 4.79 Å². The highest BCUT2D eigenvalue weighted by molar-refractivity contribution is 5.82. The molecule has 2 aliphatic carbocycles. The molecule has 0 fully saturated rings. The summed E-state index contributed by atoms with van der Waals surface area (Å²) in [7, 11) is 0. The van der Waals surface area contributed by atoms with Crippen molar-refractivity contribution < 1.29 is 9.90 Å². The fraction of sp³-hybridized carbons (Fsp3) is 0.567. The summed E-state index contributed by atoms with van der Waals surface area (Å²) in [6, 6.07) is 2.50. The lowest BCUT2D eigenvalue weighted by molar-refractivity contribution is -0.131. The van der Waals surface area contributed by atoms with Gasteiger partial charge < -0.3 is 10.4 Å². The Balaban J connectivity index is 2.12. The fourth-order valence-electron chi connectivity index (χ4n) is 5.50. The summed E-state index contributed by atoms with van der Waals surface area (Å²) in [5.74, 6) is -0.900. The Morgan fingerprint density at radius 1 is 1.12 bits per heavy atom. The van der Waals surface area contributed by atoms with E-state index in [1.165, 1.54) is 66.1 Å².